The third kappa shape index (κ3) is 6.29. The Labute approximate surface area is 351 Å². The molecule has 0 N–H and O–H groups in total. The average Bonchev–Trinajstić information content (AvgIpc) is 3.82. The Bertz CT molecular complexity index is 1720. The van der Waals surface area contributed by atoms with Crippen LogP contribution in [0.3, 0.4) is 0 Å². The van der Waals surface area contributed by atoms with Gasteiger partial charge in [0.1, 0.15) is 0 Å². The normalized spacial score (nSPS) is 22.4. The second-order valence-corrected chi connectivity index (χ2v) is 22.4. The van der Waals surface area contributed by atoms with E-state index in [0.29, 0.717) is 0 Å². The molecule has 0 amide bonds. The van der Waals surface area contributed by atoms with Crippen LogP contribution in [0.5, 0.6) is 0 Å². The van der Waals surface area contributed by atoms with E-state index in [2.05, 4.69) is 205 Å². The summed E-state index contributed by atoms with van der Waals surface area (Å²) in [7, 11) is 0. The van der Waals surface area contributed by atoms with E-state index in [-0.39, 0.29) is 32.5 Å². The van der Waals surface area contributed by atoms with Gasteiger partial charge in [-0.05, 0) is 174 Å². The van der Waals surface area contributed by atoms with Gasteiger partial charge in [0.2, 0.25) is 0 Å². The van der Waals surface area contributed by atoms with Gasteiger partial charge in [0.05, 0.1) is 0 Å². The summed E-state index contributed by atoms with van der Waals surface area (Å²) in [5.41, 5.74) is 13.6. The molecular weight excluding hydrogens is 982 g/mol. The zero-order chi connectivity index (χ0) is 36.8. The fourth-order valence-electron chi connectivity index (χ4n) is 11.3. The van der Waals surface area contributed by atoms with E-state index < -0.39 is 0 Å². The van der Waals surface area contributed by atoms with Crippen LogP contribution in [0.15, 0.2) is 81.7 Å². The SMILES string of the molecule is C1CCOC1.CC1(C)CC2(CC(C)(C)c3cccc(Br)c32)c2c(Br)cccc21.CC1(C)CC2(CC(C)(C)c3cccc(I)c32)c2c(I)cccc21. The maximum atomic E-state index is 4.94. The lowest BCUT2D eigenvalue weighted by molar-refractivity contribution is 0.198. The summed E-state index contributed by atoms with van der Waals surface area (Å²) >= 11 is 12.9. The lowest BCUT2D eigenvalue weighted by Gasteiger charge is -2.31. The minimum Gasteiger partial charge on any atom is -0.381 e. The predicted molar refractivity (Wildman–Crippen MR) is 239 cm³/mol. The van der Waals surface area contributed by atoms with E-state index in [1.54, 1.807) is 22.3 Å². The molecule has 51 heavy (non-hydrogen) atoms. The smallest absolute Gasteiger partial charge is 0.0466 e. The highest BCUT2D eigenvalue weighted by atomic mass is 127. The molecule has 270 valence electrons. The first-order chi connectivity index (χ1) is 23.9. The third-order valence-corrected chi connectivity index (χ3v) is 15.8. The maximum Gasteiger partial charge on any atom is 0.0466 e. The summed E-state index contributed by atoms with van der Waals surface area (Å²) in [5.74, 6) is 0. The van der Waals surface area contributed by atoms with Crippen LogP contribution in [-0.4, -0.2) is 13.2 Å². The summed E-state index contributed by atoms with van der Waals surface area (Å²) in [6.07, 6.45) is 7.37. The highest BCUT2D eigenvalue weighted by Crippen LogP contribution is 2.66. The van der Waals surface area contributed by atoms with Crippen LogP contribution in [0.2, 0.25) is 0 Å². The van der Waals surface area contributed by atoms with Crippen LogP contribution in [0.1, 0.15) is 138 Å². The number of fused-ring (bicyclic) bond motifs is 8. The van der Waals surface area contributed by atoms with E-state index in [1.807, 2.05) is 0 Å². The maximum absolute atomic E-state index is 4.94. The van der Waals surface area contributed by atoms with Crippen molar-refractivity contribution in [3.63, 3.8) is 0 Å². The summed E-state index contributed by atoms with van der Waals surface area (Å²) < 4.78 is 10.3. The summed E-state index contributed by atoms with van der Waals surface area (Å²) in [6.45, 7) is 21.3. The van der Waals surface area contributed by atoms with Crippen LogP contribution < -0.4 is 0 Å². The predicted octanol–water partition coefficient (Wildman–Crippen LogP) is 14.2. The zero-order valence-corrected chi connectivity index (χ0v) is 39.0. The Balaban J connectivity index is 0.000000140. The molecule has 1 nitrogen and oxygen atoms in total. The second-order valence-electron chi connectivity index (χ2n) is 18.4. The molecule has 0 bridgehead atoms. The van der Waals surface area contributed by atoms with Crippen LogP contribution >= 0.6 is 77.0 Å². The number of ether oxygens (including phenoxy) is 1. The second kappa shape index (κ2) is 13.5. The van der Waals surface area contributed by atoms with Crippen molar-refractivity contribution in [1.29, 1.82) is 0 Å². The van der Waals surface area contributed by atoms with Crippen molar-refractivity contribution in [3.8, 4) is 0 Å². The lowest BCUT2D eigenvalue weighted by atomic mass is 9.72. The molecule has 0 radical (unpaired) electrons. The molecule has 4 aromatic rings. The van der Waals surface area contributed by atoms with Crippen LogP contribution in [-0.2, 0) is 37.2 Å². The monoisotopic (exact) mass is 1030 g/mol. The summed E-state index contributed by atoms with van der Waals surface area (Å²) in [6, 6.07) is 27.2. The fourth-order valence-corrected chi connectivity index (χ4v) is 14.8. The average molecular weight is 1030 g/mol. The molecule has 0 saturated carbocycles. The van der Waals surface area contributed by atoms with Gasteiger partial charge < -0.3 is 4.74 Å². The molecule has 0 unspecified atom stereocenters. The third-order valence-electron chi connectivity index (χ3n) is 12.7. The topological polar surface area (TPSA) is 9.23 Å². The summed E-state index contributed by atoms with van der Waals surface area (Å²) in [5, 5.41) is 0. The van der Waals surface area contributed by atoms with Crippen LogP contribution in [0.4, 0.5) is 0 Å². The Morgan fingerprint density at radius 3 is 1.06 bits per heavy atom. The van der Waals surface area contributed by atoms with E-state index in [1.165, 1.54) is 76.9 Å². The Morgan fingerprint density at radius 2 is 0.745 bits per heavy atom. The zero-order valence-electron chi connectivity index (χ0n) is 31.5. The van der Waals surface area contributed by atoms with Crippen molar-refractivity contribution < 1.29 is 4.74 Å². The number of hydrogen-bond donors (Lipinski definition) is 0. The minimum atomic E-state index is 0.109. The van der Waals surface area contributed by atoms with Gasteiger partial charge in [-0.15, -0.1) is 0 Å². The number of hydrogen-bond acceptors (Lipinski definition) is 1. The first kappa shape index (κ1) is 38.5. The molecule has 0 atom stereocenters. The molecule has 1 saturated heterocycles. The molecule has 1 fully saturated rings. The molecule has 1 aliphatic heterocycles. The molecule has 2 spiro atoms. The largest absolute Gasteiger partial charge is 0.381 e. The van der Waals surface area contributed by atoms with Crippen molar-refractivity contribution in [2.45, 2.75) is 126 Å². The molecule has 4 aromatic carbocycles. The van der Waals surface area contributed by atoms with Gasteiger partial charge in [0.15, 0.2) is 0 Å². The highest BCUT2D eigenvalue weighted by molar-refractivity contribution is 14.1. The molecular formula is C46H52Br2I2O. The van der Waals surface area contributed by atoms with Gasteiger partial charge >= 0.3 is 0 Å². The highest BCUT2D eigenvalue weighted by Gasteiger charge is 2.59. The van der Waals surface area contributed by atoms with Crippen LogP contribution in [0, 0.1) is 7.14 Å². The van der Waals surface area contributed by atoms with Crippen molar-refractivity contribution in [3.05, 3.63) is 133 Å². The first-order valence-corrected chi connectivity index (χ1v) is 22.4. The number of benzene rings is 4. The van der Waals surface area contributed by atoms with Gasteiger partial charge in [0.25, 0.3) is 0 Å². The first-order valence-electron chi connectivity index (χ1n) is 18.6. The Hall–Kier alpha value is -0.740. The molecule has 0 aromatic heterocycles. The summed E-state index contributed by atoms with van der Waals surface area (Å²) in [4.78, 5) is 0. The number of rotatable bonds is 0. The van der Waals surface area contributed by atoms with E-state index in [0.717, 1.165) is 13.2 Å². The standard InChI is InChI=1S/C21H22Br2.C21H22I2.C4H8O/c2*1-19(2)11-21(17-13(19)7-5-9-15(17)22)12-20(3,4)14-8-6-10-16(23)18(14)21;1-2-4-5-3-1/h2*5-10H,11-12H2,1-4H3;1-4H2. The van der Waals surface area contributed by atoms with Gasteiger partial charge in [-0.25, -0.2) is 0 Å². The van der Waals surface area contributed by atoms with E-state index >= 15 is 0 Å². The van der Waals surface area contributed by atoms with Gasteiger partial charge in [-0.3, -0.25) is 0 Å². The van der Waals surface area contributed by atoms with E-state index in [9.17, 15) is 0 Å². The minimum absolute atomic E-state index is 0.109. The van der Waals surface area contributed by atoms with Gasteiger partial charge in [-0.2, -0.15) is 0 Å². The lowest BCUT2D eigenvalue weighted by Crippen LogP contribution is -2.28. The van der Waals surface area contributed by atoms with Crippen LogP contribution in [0.25, 0.3) is 0 Å². The fraction of sp³-hybridized carbons (Fsp3) is 0.478. The Morgan fingerprint density at radius 1 is 0.451 bits per heavy atom. The molecule has 1 heterocycles. The molecule has 4 aliphatic carbocycles. The Kier molecular flexibility index (Phi) is 10.2. The molecule has 9 rings (SSSR count). The van der Waals surface area contributed by atoms with Crippen molar-refractivity contribution in [2.75, 3.05) is 13.2 Å². The van der Waals surface area contributed by atoms with Crippen molar-refractivity contribution in [1.82, 2.24) is 0 Å². The van der Waals surface area contributed by atoms with Gasteiger partial charge in [-0.1, -0.05) is 136 Å². The quantitative estimate of drug-likeness (QED) is 0.160. The van der Waals surface area contributed by atoms with Crippen molar-refractivity contribution >= 4 is 77.0 Å². The van der Waals surface area contributed by atoms with Gasteiger partial charge in [0, 0.05) is 40.1 Å². The molecule has 5 heteroatoms. The molecule has 5 aliphatic rings. The van der Waals surface area contributed by atoms with Crippen molar-refractivity contribution in [2.24, 2.45) is 0 Å². The van der Waals surface area contributed by atoms with E-state index in [4.69, 9.17) is 4.74 Å². The number of halogens is 4.